The molecule has 108 valence electrons. The molecule has 0 amide bonds. The number of carbonyl (C=O) groups excluding carboxylic acids is 1. The molecule has 5 nitrogen and oxygen atoms in total. The summed E-state index contributed by atoms with van der Waals surface area (Å²) in [6, 6.07) is 13.6. The standard InChI is InChI=1S/C15H13BrN2O3/c16-12-6-4-10(5-7-12)14(18-20)9-21-15(19)11-2-1-3-13(17)8-11/h1-8,20H,9,17H2. The van der Waals surface area contributed by atoms with Crippen LogP contribution in [0.3, 0.4) is 0 Å². The van der Waals surface area contributed by atoms with Crippen LogP contribution in [-0.4, -0.2) is 23.5 Å². The summed E-state index contributed by atoms with van der Waals surface area (Å²) in [4.78, 5) is 11.9. The molecule has 6 heteroatoms. The van der Waals surface area contributed by atoms with Crippen molar-refractivity contribution in [3.05, 3.63) is 64.1 Å². The molecule has 0 bridgehead atoms. The number of nitrogens with two attached hydrogens (primary N) is 1. The Morgan fingerprint density at radius 3 is 2.52 bits per heavy atom. The molecule has 2 rings (SSSR count). The smallest absolute Gasteiger partial charge is 0.338 e. The van der Waals surface area contributed by atoms with Crippen LogP contribution < -0.4 is 5.73 Å². The lowest BCUT2D eigenvalue weighted by molar-refractivity contribution is 0.0562. The van der Waals surface area contributed by atoms with Gasteiger partial charge in [0.2, 0.25) is 0 Å². The van der Waals surface area contributed by atoms with Crippen molar-refractivity contribution < 1.29 is 14.7 Å². The van der Waals surface area contributed by atoms with Crippen molar-refractivity contribution in [1.29, 1.82) is 0 Å². The lowest BCUT2D eigenvalue weighted by atomic mass is 10.1. The molecule has 0 heterocycles. The van der Waals surface area contributed by atoms with Crippen LogP contribution in [0, 0.1) is 0 Å². The Hall–Kier alpha value is -2.34. The SMILES string of the molecule is Nc1cccc(C(=O)OCC(=NO)c2ccc(Br)cc2)c1. The zero-order valence-electron chi connectivity index (χ0n) is 11.0. The van der Waals surface area contributed by atoms with Gasteiger partial charge in [-0.1, -0.05) is 39.3 Å². The van der Waals surface area contributed by atoms with Crippen LogP contribution in [0.5, 0.6) is 0 Å². The molecule has 2 aromatic carbocycles. The number of hydrogen-bond acceptors (Lipinski definition) is 5. The third-order valence-electron chi connectivity index (χ3n) is 2.76. The fourth-order valence-corrected chi connectivity index (χ4v) is 1.96. The Morgan fingerprint density at radius 2 is 1.90 bits per heavy atom. The number of halogens is 1. The zero-order valence-corrected chi connectivity index (χ0v) is 12.6. The number of anilines is 1. The van der Waals surface area contributed by atoms with E-state index in [-0.39, 0.29) is 12.3 Å². The maximum atomic E-state index is 11.9. The van der Waals surface area contributed by atoms with Gasteiger partial charge in [0.05, 0.1) is 5.56 Å². The number of oxime groups is 1. The number of carbonyl (C=O) groups is 1. The lowest BCUT2D eigenvalue weighted by Gasteiger charge is -2.07. The molecule has 0 unspecified atom stereocenters. The molecule has 3 N–H and O–H groups in total. The minimum absolute atomic E-state index is 0.133. The average molecular weight is 349 g/mol. The first kappa shape index (κ1) is 15.1. The largest absolute Gasteiger partial charge is 0.455 e. The van der Waals surface area contributed by atoms with Gasteiger partial charge in [-0.25, -0.2) is 4.79 Å². The maximum absolute atomic E-state index is 11.9. The second kappa shape index (κ2) is 6.90. The van der Waals surface area contributed by atoms with Gasteiger partial charge >= 0.3 is 5.97 Å². The van der Waals surface area contributed by atoms with Crippen molar-refractivity contribution >= 4 is 33.3 Å². The summed E-state index contributed by atoms with van der Waals surface area (Å²) >= 11 is 3.32. The molecule has 0 spiro atoms. The van der Waals surface area contributed by atoms with E-state index in [0.717, 1.165) is 4.47 Å². The number of rotatable bonds is 4. The lowest BCUT2D eigenvalue weighted by Crippen LogP contribution is -2.15. The average Bonchev–Trinajstić information content (AvgIpc) is 2.49. The summed E-state index contributed by atoms with van der Waals surface area (Å²) in [5.74, 6) is -0.527. The highest BCUT2D eigenvalue weighted by Crippen LogP contribution is 2.12. The Labute approximate surface area is 130 Å². The second-order valence-electron chi connectivity index (χ2n) is 4.26. The van der Waals surface area contributed by atoms with Crippen LogP contribution in [0.2, 0.25) is 0 Å². The molecule has 0 radical (unpaired) electrons. The zero-order chi connectivity index (χ0) is 15.2. The molecule has 0 saturated carbocycles. The first-order valence-electron chi connectivity index (χ1n) is 6.09. The molecule has 0 aliphatic heterocycles. The van der Waals surface area contributed by atoms with Crippen LogP contribution in [0.1, 0.15) is 15.9 Å². The van der Waals surface area contributed by atoms with Crippen LogP contribution in [-0.2, 0) is 4.74 Å². The quantitative estimate of drug-likeness (QED) is 0.292. The Morgan fingerprint density at radius 1 is 1.19 bits per heavy atom. The predicted octanol–water partition coefficient (Wildman–Crippen LogP) is 3.07. The summed E-state index contributed by atoms with van der Waals surface area (Å²) < 4.78 is 6.03. The highest BCUT2D eigenvalue weighted by molar-refractivity contribution is 9.10. The molecular formula is C15H13BrN2O3. The highest BCUT2D eigenvalue weighted by atomic mass is 79.9. The van der Waals surface area contributed by atoms with E-state index < -0.39 is 5.97 Å². The van der Waals surface area contributed by atoms with Gasteiger partial charge in [-0.3, -0.25) is 0 Å². The normalized spacial score (nSPS) is 11.2. The van der Waals surface area contributed by atoms with Gasteiger partial charge in [0.15, 0.2) is 0 Å². The molecule has 2 aromatic rings. The number of ether oxygens (including phenoxy) is 1. The number of nitrogen functional groups attached to an aromatic ring is 1. The summed E-state index contributed by atoms with van der Waals surface area (Å²) in [6.45, 7) is -0.133. The topological polar surface area (TPSA) is 84.9 Å². The molecule has 0 saturated heterocycles. The monoisotopic (exact) mass is 348 g/mol. The van der Waals surface area contributed by atoms with Gasteiger partial charge in [0, 0.05) is 15.7 Å². The van der Waals surface area contributed by atoms with Gasteiger partial charge in [-0.05, 0) is 30.3 Å². The summed E-state index contributed by atoms with van der Waals surface area (Å²) in [6.07, 6.45) is 0. The number of benzene rings is 2. The maximum Gasteiger partial charge on any atom is 0.338 e. The summed E-state index contributed by atoms with van der Waals surface area (Å²) in [7, 11) is 0. The highest BCUT2D eigenvalue weighted by Gasteiger charge is 2.11. The molecule has 21 heavy (non-hydrogen) atoms. The van der Waals surface area contributed by atoms with Crippen molar-refractivity contribution in [1.82, 2.24) is 0 Å². The van der Waals surface area contributed by atoms with E-state index in [4.69, 9.17) is 15.7 Å². The summed E-state index contributed by atoms with van der Waals surface area (Å²) in [5, 5.41) is 12.2. The van der Waals surface area contributed by atoms with E-state index >= 15 is 0 Å². The van der Waals surface area contributed by atoms with Gasteiger partial charge in [-0.2, -0.15) is 0 Å². The van der Waals surface area contributed by atoms with Crippen LogP contribution in [0.25, 0.3) is 0 Å². The van der Waals surface area contributed by atoms with Crippen molar-refractivity contribution in [2.45, 2.75) is 0 Å². The van der Waals surface area contributed by atoms with Crippen molar-refractivity contribution in [2.75, 3.05) is 12.3 Å². The minimum Gasteiger partial charge on any atom is -0.455 e. The first-order valence-corrected chi connectivity index (χ1v) is 6.89. The van der Waals surface area contributed by atoms with Gasteiger partial charge in [0.1, 0.15) is 12.3 Å². The van der Waals surface area contributed by atoms with Gasteiger partial charge in [-0.15, -0.1) is 0 Å². The van der Waals surface area contributed by atoms with E-state index in [1.165, 1.54) is 6.07 Å². The Balaban J connectivity index is 2.04. The van der Waals surface area contributed by atoms with E-state index in [1.807, 2.05) is 0 Å². The van der Waals surface area contributed by atoms with Crippen molar-refractivity contribution in [2.24, 2.45) is 5.16 Å². The predicted molar refractivity (Wildman–Crippen MR) is 83.6 cm³/mol. The van der Waals surface area contributed by atoms with Crippen LogP contribution >= 0.6 is 15.9 Å². The molecule has 0 aliphatic rings. The van der Waals surface area contributed by atoms with Crippen molar-refractivity contribution in [3.63, 3.8) is 0 Å². The molecule has 0 fully saturated rings. The third kappa shape index (κ3) is 4.06. The van der Waals surface area contributed by atoms with E-state index in [2.05, 4.69) is 21.1 Å². The number of hydrogen-bond donors (Lipinski definition) is 2. The number of esters is 1. The van der Waals surface area contributed by atoms with Crippen molar-refractivity contribution in [3.8, 4) is 0 Å². The molecule has 0 aromatic heterocycles. The number of nitrogens with zero attached hydrogens (tertiary/aromatic N) is 1. The second-order valence-corrected chi connectivity index (χ2v) is 5.17. The Kier molecular flexibility index (Phi) is 4.94. The first-order chi connectivity index (χ1) is 10.1. The molecular weight excluding hydrogens is 336 g/mol. The van der Waals surface area contributed by atoms with Crippen LogP contribution in [0.4, 0.5) is 5.69 Å². The summed E-state index contributed by atoms with van der Waals surface area (Å²) in [5.41, 5.74) is 7.37. The van der Waals surface area contributed by atoms with E-state index in [0.29, 0.717) is 16.8 Å². The van der Waals surface area contributed by atoms with Crippen LogP contribution in [0.15, 0.2) is 58.2 Å². The minimum atomic E-state index is -0.527. The fourth-order valence-electron chi connectivity index (χ4n) is 1.70. The fraction of sp³-hybridized carbons (Fsp3) is 0.0667. The molecule has 0 atom stereocenters. The third-order valence-corrected chi connectivity index (χ3v) is 3.29. The molecule has 0 aliphatic carbocycles. The Bertz CT molecular complexity index is 669. The van der Waals surface area contributed by atoms with Gasteiger partial charge < -0.3 is 15.7 Å². The van der Waals surface area contributed by atoms with E-state index in [9.17, 15) is 4.79 Å². The van der Waals surface area contributed by atoms with Gasteiger partial charge in [0.25, 0.3) is 0 Å². The van der Waals surface area contributed by atoms with E-state index in [1.54, 1.807) is 42.5 Å².